The van der Waals surface area contributed by atoms with Gasteiger partial charge in [0.05, 0.1) is 6.04 Å². The second kappa shape index (κ2) is 8.16. The molecule has 1 atom stereocenters. The van der Waals surface area contributed by atoms with E-state index < -0.39 is 16.1 Å². The van der Waals surface area contributed by atoms with Gasteiger partial charge in [0, 0.05) is 24.5 Å². The maximum absolute atomic E-state index is 12.6. The quantitative estimate of drug-likeness (QED) is 0.780. The van der Waals surface area contributed by atoms with Crippen LogP contribution in [0.5, 0.6) is 0 Å². The maximum atomic E-state index is 12.6. The molecule has 0 saturated carbocycles. The summed E-state index contributed by atoms with van der Waals surface area (Å²) in [5.41, 5.74) is 5.63. The van der Waals surface area contributed by atoms with Gasteiger partial charge >= 0.3 is 0 Å². The summed E-state index contributed by atoms with van der Waals surface area (Å²) in [6.45, 7) is 7.44. The van der Waals surface area contributed by atoms with Crippen LogP contribution in [0.15, 0.2) is 16.3 Å². The molecular formula is C17H29N3O3S2. The lowest BCUT2D eigenvalue weighted by Crippen LogP contribution is -2.48. The number of rotatable bonds is 6. The lowest BCUT2D eigenvalue weighted by Gasteiger charge is -2.25. The molecule has 2 heterocycles. The van der Waals surface area contributed by atoms with E-state index in [0.29, 0.717) is 30.3 Å². The summed E-state index contributed by atoms with van der Waals surface area (Å²) in [4.78, 5) is 13.0. The third kappa shape index (κ3) is 5.26. The fourth-order valence-corrected chi connectivity index (χ4v) is 5.70. The SMILES string of the molecule is CC(C)(C)[C@H](N)C(=O)NCCc1ccc(S(=O)(=O)N2CCCCC2)s1. The van der Waals surface area contributed by atoms with E-state index in [1.54, 1.807) is 10.4 Å². The minimum absolute atomic E-state index is 0.176. The van der Waals surface area contributed by atoms with Crippen molar-refractivity contribution < 1.29 is 13.2 Å². The molecule has 0 aliphatic carbocycles. The van der Waals surface area contributed by atoms with E-state index in [1.807, 2.05) is 26.8 Å². The van der Waals surface area contributed by atoms with E-state index in [0.717, 1.165) is 24.1 Å². The van der Waals surface area contributed by atoms with Crippen molar-refractivity contribution >= 4 is 27.3 Å². The lowest BCUT2D eigenvalue weighted by molar-refractivity contribution is -0.124. The summed E-state index contributed by atoms with van der Waals surface area (Å²) in [5.74, 6) is -0.176. The molecule has 1 aromatic heterocycles. The largest absolute Gasteiger partial charge is 0.354 e. The van der Waals surface area contributed by atoms with Gasteiger partial charge in [-0.1, -0.05) is 27.2 Å². The molecule has 0 radical (unpaired) electrons. The predicted octanol–water partition coefficient (Wildman–Crippen LogP) is 1.95. The van der Waals surface area contributed by atoms with Gasteiger partial charge in [-0.05, 0) is 36.8 Å². The molecule has 6 nitrogen and oxygen atoms in total. The van der Waals surface area contributed by atoms with Crippen molar-refractivity contribution in [2.24, 2.45) is 11.1 Å². The molecule has 0 aromatic carbocycles. The Bertz CT molecular complexity index is 686. The van der Waals surface area contributed by atoms with Gasteiger partial charge in [0.1, 0.15) is 4.21 Å². The first-order valence-corrected chi connectivity index (χ1v) is 11.0. The summed E-state index contributed by atoms with van der Waals surface area (Å²) >= 11 is 1.29. The number of nitrogens with two attached hydrogens (primary N) is 1. The topological polar surface area (TPSA) is 92.5 Å². The van der Waals surface area contributed by atoms with Crippen LogP contribution in [0, 0.1) is 5.41 Å². The van der Waals surface area contributed by atoms with Crippen molar-refractivity contribution in [2.45, 2.75) is 56.7 Å². The molecule has 0 spiro atoms. The first-order chi connectivity index (χ1) is 11.6. The Morgan fingerprint density at radius 3 is 2.52 bits per heavy atom. The standard InChI is InChI=1S/C17H29N3O3S2/c1-17(2,3)15(18)16(21)19-10-9-13-7-8-14(24-13)25(22,23)20-11-5-4-6-12-20/h7-8,15H,4-6,9-12,18H2,1-3H3,(H,19,21)/t15-/m1/s1. The Morgan fingerprint density at radius 2 is 1.92 bits per heavy atom. The van der Waals surface area contributed by atoms with Gasteiger partial charge in [0.15, 0.2) is 0 Å². The van der Waals surface area contributed by atoms with Crippen molar-refractivity contribution in [1.82, 2.24) is 9.62 Å². The van der Waals surface area contributed by atoms with Crippen molar-refractivity contribution in [2.75, 3.05) is 19.6 Å². The third-order valence-electron chi connectivity index (χ3n) is 4.43. The minimum atomic E-state index is -3.37. The lowest BCUT2D eigenvalue weighted by atomic mass is 9.87. The van der Waals surface area contributed by atoms with Crippen LogP contribution in [-0.4, -0.2) is 44.3 Å². The Kier molecular flexibility index (Phi) is 6.64. The number of thiophene rings is 1. The molecule has 1 aromatic rings. The second-order valence-electron chi connectivity index (χ2n) is 7.57. The van der Waals surface area contributed by atoms with Gasteiger partial charge in [0.2, 0.25) is 5.91 Å². The van der Waals surface area contributed by atoms with Gasteiger partial charge in [-0.15, -0.1) is 11.3 Å². The molecule has 8 heteroatoms. The van der Waals surface area contributed by atoms with Crippen LogP contribution in [0.4, 0.5) is 0 Å². The van der Waals surface area contributed by atoms with Crippen LogP contribution in [-0.2, 0) is 21.2 Å². The number of piperidine rings is 1. The van der Waals surface area contributed by atoms with Crippen LogP contribution >= 0.6 is 11.3 Å². The first kappa shape index (κ1) is 20.4. The Hall–Kier alpha value is -0.960. The highest BCUT2D eigenvalue weighted by Gasteiger charge is 2.28. The molecular weight excluding hydrogens is 358 g/mol. The molecule has 1 aliphatic heterocycles. The van der Waals surface area contributed by atoms with Gasteiger partial charge in [-0.2, -0.15) is 4.31 Å². The number of nitrogens with one attached hydrogen (secondary N) is 1. The summed E-state index contributed by atoms with van der Waals surface area (Å²) in [6, 6.07) is 2.94. The summed E-state index contributed by atoms with van der Waals surface area (Å²) in [5, 5.41) is 2.83. The highest BCUT2D eigenvalue weighted by atomic mass is 32.2. The number of carbonyl (C=O) groups excluding carboxylic acids is 1. The molecule has 25 heavy (non-hydrogen) atoms. The average molecular weight is 388 g/mol. The fourth-order valence-electron chi connectivity index (χ4n) is 2.68. The van der Waals surface area contributed by atoms with E-state index in [4.69, 9.17) is 5.73 Å². The smallest absolute Gasteiger partial charge is 0.252 e. The summed E-state index contributed by atoms with van der Waals surface area (Å²) in [6.07, 6.45) is 3.55. The van der Waals surface area contributed by atoms with Crippen molar-refractivity contribution in [3.8, 4) is 0 Å². The number of sulfonamides is 1. The number of nitrogens with zero attached hydrogens (tertiary/aromatic N) is 1. The molecule has 2 rings (SSSR count). The molecule has 0 unspecified atom stereocenters. The van der Waals surface area contributed by atoms with Gasteiger partial charge in [0.25, 0.3) is 10.0 Å². The Labute approximate surface area is 154 Å². The van der Waals surface area contributed by atoms with Crippen LogP contribution in [0.3, 0.4) is 0 Å². The first-order valence-electron chi connectivity index (χ1n) is 8.74. The maximum Gasteiger partial charge on any atom is 0.252 e. The Morgan fingerprint density at radius 1 is 1.28 bits per heavy atom. The zero-order chi connectivity index (χ0) is 18.7. The zero-order valence-electron chi connectivity index (χ0n) is 15.2. The highest BCUT2D eigenvalue weighted by Crippen LogP contribution is 2.27. The number of hydrogen-bond acceptors (Lipinski definition) is 5. The van der Waals surface area contributed by atoms with E-state index in [2.05, 4.69) is 5.32 Å². The monoisotopic (exact) mass is 387 g/mol. The molecule has 1 fully saturated rings. The van der Waals surface area contributed by atoms with Crippen molar-refractivity contribution in [1.29, 1.82) is 0 Å². The van der Waals surface area contributed by atoms with Crippen LogP contribution in [0.1, 0.15) is 44.9 Å². The molecule has 142 valence electrons. The van der Waals surface area contributed by atoms with Crippen LogP contribution in [0.25, 0.3) is 0 Å². The number of amides is 1. The van der Waals surface area contributed by atoms with E-state index in [-0.39, 0.29) is 11.3 Å². The zero-order valence-corrected chi connectivity index (χ0v) is 16.9. The van der Waals surface area contributed by atoms with Crippen LogP contribution < -0.4 is 11.1 Å². The molecule has 3 N–H and O–H groups in total. The second-order valence-corrected chi connectivity index (χ2v) is 10.9. The third-order valence-corrected chi connectivity index (χ3v) is 7.94. The van der Waals surface area contributed by atoms with Gasteiger partial charge in [-0.25, -0.2) is 8.42 Å². The van der Waals surface area contributed by atoms with E-state index in [9.17, 15) is 13.2 Å². The molecule has 0 bridgehead atoms. The minimum Gasteiger partial charge on any atom is -0.354 e. The van der Waals surface area contributed by atoms with Gasteiger partial charge in [-0.3, -0.25) is 4.79 Å². The van der Waals surface area contributed by atoms with E-state index >= 15 is 0 Å². The predicted molar refractivity (Wildman–Crippen MR) is 101 cm³/mol. The van der Waals surface area contributed by atoms with Crippen molar-refractivity contribution in [3.63, 3.8) is 0 Å². The highest BCUT2D eigenvalue weighted by molar-refractivity contribution is 7.91. The molecule has 1 saturated heterocycles. The summed E-state index contributed by atoms with van der Waals surface area (Å²) < 4.78 is 27.2. The van der Waals surface area contributed by atoms with E-state index in [1.165, 1.54) is 11.3 Å². The Balaban J connectivity index is 1.90. The fraction of sp³-hybridized carbons (Fsp3) is 0.706. The van der Waals surface area contributed by atoms with Crippen molar-refractivity contribution in [3.05, 3.63) is 17.0 Å². The molecule has 1 aliphatic rings. The average Bonchev–Trinajstić information content (AvgIpc) is 3.03. The number of hydrogen-bond donors (Lipinski definition) is 2. The molecule has 1 amide bonds. The van der Waals surface area contributed by atoms with Crippen LogP contribution in [0.2, 0.25) is 0 Å². The normalized spacial score (nSPS) is 18.1. The van der Waals surface area contributed by atoms with Gasteiger partial charge < -0.3 is 11.1 Å². The summed E-state index contributed by atoms with van der Waals surface area (Å²) in [7, 11) is -3.37. The number of carbonyl (C=O) groups is 1.